The van der Waals surface area contributed by atoms with Crippen LogP contribution in [-0.4, -0.2) is 12.5 Å². The number of carbonyl (C=O) groups excluding carboxylic acids is 1. The number of fused-ring (bicyclic) bond motifs is 1. The first-order valence-corrected chi connectivity index (χ1v) is 6.34. The minimum absolute atomic E-state index is 0.0796. The van der Waals surface area contributed by atoms with E-state index in [2.05, 4.69) is 10.6 Å². The van der Waals surface area contributed by atoms with Gasteiger partial charge < -0.3 is 10.6 Å². The molecule has 3 nitrogen and oxygen atoms in total. The Morgan fingerprint density at radius 1 is 1.35 bits per heavy atom. The molecule has 4 heteroatoms. The highest BCUT2D eigenvalue weighted by Gasteiger charge is 2.37. The molecule has 17 heavy (non-hydrogen) atoms. The van der Waals surface area contributed by atoms with E-state index in [0.717, 1.165) is 24.2 Å². The summed E-state index contributed by atoms with van der Waals surface area (Å²) in [5.41, 5.74) is 1.25. The number of amides is 1. The molecule has 0 aromatic heterocycles. The third kappa shape index (κ3) is 2.00. The molecule has 1 amide bonds. The molecule has 0 spiro atoms. The lowest BCUT2D eigenvalue weighted by Gasteiger charge is -2.27. The Morgan fingerprint density at radius 3 is 2.71 bits per heavy atom. The van der Waals surface area contributed by atoms with Crippen molar-refractivity contribution >= 4 is 28.9 Å². The molecule has 1 aromatic carbocycles. The van der Waals surface area contributed by atoms with Crippen LogP contribution >= 0.6 is 11.6 Å². The number of benzene rings is 1. The van der Waals surface area contributed by atoms with Gasteiger partial charge in [-0.25, -0.2) is 0 Å². The number of rotatable bonds is 2. The number of anilines is 2. The van der Waals surface area contributed by atoms with Crippen LogP contribution in [0.15, 0.2) is 18.2 Å². The van der Waals surface area contributed by atoms with Crippen molar-refractivity contribution in [2.75, 3.05) is 17.2 Å². The molecular formula is C13H17ClN2O. The smallest absolute Gasteiger partial charge is 0.232 e. The highest BCUT2D eigenvalue weighted by Crippen LogP contribution is 2.37. The Labute approximate surface area is 107 Å². The van der Waals surface area contributed by atoms with Crippen molar-refractivity contribution in [3.63, 3.8) is 0 Å². The first kappa shape index (κ1) is 12.2. The van der Waals surface area contributed by atoms with E-state index in [0.29, 0.717) is 11.6 Å². The van der Waals surface area contributed by atoms with Crippen LogP contribution in [0.25, 0.3) is 0 Å². The first-order chi connectivity index (χ1) is 8.13. The van der Waals surface area contributed by atoms with Gasteiger partial charge in [0.05, 0.1) is 21.8 Å². The number of hydrogen-bond donors (Lipinski definition) is 2. The third-order valence-corrected chi connectivity index (χ3v) is 4.02. The van der Waals surface area contributed by atoms with Gasteiger partial charge >= 0.3 is 0 Å². The van der Waals surface area contributed by atoms with E-state index < -0.39 is 0 Å². The van der Waals surface area contributed by atoms with Crippen molar-refractivity contribution in [1.29, 1.82) is 0 Å². The summed E-state index contributed by atoms with van der Waals surface area (Å²) in [6.45, 7) is 4.72. The predicted octanol–water partition coefficient (Wildman–Crippen LogP) is 3.51. The normalized spacial score (nSPS) is 17.7. The van der Waals surface area contributed by atoms with E-state index in [1.807, 2.05) is 32.0 Å². The molecule has 1 heterocycles. The van der Waals surface area contributed by atoms with Crippen LogP contribution in [0.2, 0.25) is 5.02 Å². The van der Waals surface area contributed by atoms with Crippen molar-refractivity contribution in [2.24, 2.45) is 5.41 Å². The van der Waals surface area contributed by atoms with E-state index in [-0.39, 0.29) is 11.3 Å². The van der Waals surface area contributed by atoms with Gasteiger partial charge in [0.25, 0.3) is 0 Å². The predicted molar refractivity (Wildman–Crippen MR) is 71.6 cm³/mol. The highest BCUT2D eigenvalue weighted by atomic mass is 35.5. The Kier molecular flexibility index (Phi) is 3.29. The highest BCUT2D eigenvalue weighted by molar-refractivity contribution is 6.34. The van der Waals surface area contributed by atoms with Crippen molar-refractivity contribution in [2.45, 2.75) is 26.7 Å². The summed E-state index contributed by atoms with van der Waals surface area (Å²) in [7, 11) is 0. The topological polar surface area (TPSA) is 41.1 Å². The number of halogens is 1. The zero-order chi connectivity index (χ0) is 12.5. The van der Waals surface area contributed by atoms with Gasteiger partial charge in [-0.1, -0.05) is 31.5 Å². The van der Waals surface area contributed by atoms with E-state index in [1.54, 1.807) is 0 Å². The molecule has 1 aliphatic heterocycles. The minimum atomic E-state index is -0.345. The molecule has 0 unspecified atom stereocenters. The van der Waals surface area contributed by atoms with Gasteiger partial charge in [-0.15, -0.1) is 0 Å². The average molecular weight is 253 g/mol. The fourth-order valence-corrected chi connectivity index (χ4v) is 2.46. The van der Waals surface area contributed by atoms with Crippen molar-refractivity contribution in [3.8, 4) is 0 Å². The van der Waals surface area contributed by atoms with Gasteiger partial charge in [0.15, 0.2) is 0 Å². The maximum Gasteiger partial charge on any atom is 0.232 e. The Balaban J connectivity index is 2.41. The molecule has 2 rings (SSSR count). The molecule has 1 aromatic rings. The molecule has 92 valence electrons. The number of hydrogen-bond acceptors (Lipinski definition) is 2. The molecule has 0 fully saturated rings. The molecule has 0 saturated carbocycles. The van der Waals surface area contributed by atoms with Gasteiger partial charge in [-0.3, -0.25) is 4.79 Å². The van der Waals surface area contributed by atoms with Crippen molar-refractivity contribution in [1.82, 2.24) is 0 Å². The summed E-state index contributed by atoms with van der Waals surface area (Å²) < 4.78 is 0. The number of carbonyl (C=O) groups is 1. The fraction of sp³-hybridized carbons (Fsp3) is 0.462. The maximum absolute atomic E-state index is 12.3. The van der Waals surface area contributed by atoms with Crippen LogP contribution in [0.5, 0.6) is 0 Å². The van der Waals surface area contributed by atoms with Crippen LogP contribution in [0, 0.1) is 5.41 Å². The second-order valence-electron chi connectivity index (χ2n) is 4.46. The third-order valence-electron chi connectivity index (χ3n) is 3.70. The van der Waals surface area contributed by atoms with Crippen LogP contribution in [0.1, 0.15) is 26.7 Å². The molecule has 0 saturated heterocycles. The minimum Gasteiger partial charge on any atom is -0.381 e. The summed E-state index contributed by atoms with van der Waals surface area (Å²) in [5, 5.41) is 6.92. The maximum atomic E-state index is 12.3. The Hall–Kier alpha value is -1.22. The molecule has 1 aliphatic rings. The standard InChI is InChI=1S/C13H17ClN2O/c1-3-13(4-2)8-15-11-9(14)6-5-7-10(11)16-12(13)17/h5-7,15H,3-4,8H2,1-2H3,(H,16,17). The van der Waals surface area contributed by atoms with Gasteiger partial charge in [0.2, 0.25) is 5.91 Å². The van der Waals surface area contributed by atoms with Crippen LogP contribution in [0.3, 0.4) is 0 Å². The second kappa shape index (κ2) is 4.57. The summed E-state index contributed by atoms with van der Waals surface area (Å²) in [5.74, 6) is 0.0796. The molecule has 0 radical (unpaired) electrons. The van der Waals surface area contributed by atoms with E-state index in [9.17, 15) is 4.79 Å². The summed E-state index contributed by atoms with van der Waals surface area (Å²) in [6, 6.07) is 5.53. The molecular weight excluding hydrogens is 236 g/mol. The van der Waals surface area contributed by atoms with E-state index >= 15 is 0 Å². The van der Waals surface area contributed by atoms with Gasteiger partial charge in [0, 0.05) is 6.54 Å². The van der Waals surface area contributed by atoms with Crippen molar-refractivity contribution in [3.05, 3.63) is 23.2 Å². The first-order valence-electron chi connectivity index (χ1n) is 5.97. The lowest BCUT2D eigenvalue weighted by molar-refractivity contribution is -0.125. The lowest BCUT2D eigenvalue weighted by Crippen LogP contribution is -2.39. The fourth-order valence-electron chi connectivity index (χ4n) is 2.22. The molecule has 2 N–H and O–H groups in total. The van der Waals surface area contributed by atoms with Gasteiger partial charge in [-0.2, -0.15) is 0 Å². The average Bonchev–Trinajstić information content (AvgIpc) is 2.47. The van der Waals surface area contributed by atoms with Crippen molar-refractivity contribution < 1.29 is 4.79 Å². The number of para-hydroxylation sites is 1. The Morgan fingerprint density at radius 2 is 2.06 bits per heavy atom. The molecule has 0 aliphatic carbocycles. The molecule has 0 atom stereocenters. The zero-order valence-electron chi connectivity index (χ0n) is 10.1. The van der Waals surface area contributed by atoms with Gasteiger partial charge in [-0.05, 0) is 25.0 Å². The molecule has 0 bridgehead atoms. The summed E-state index contributed by atoms with van der Waals surface area (Å²) in [4.78, 5) is 12.3. The Bertz CT molecular complexity index is 441. The SMILES string of the molecule is CCC1(CC)CNc2c(Cl)cccc2NC1=O. The van der Waals surface area contributed by atoms with Crippen LogP contribution in [-0.2, 0) is 4.79 Å². The van der Waals surface area contributed by atoms with Crippen LogP contribution in [0.4, 0.5) is 11.4 Å². The number of nitrogens with one attached hydrogen (secondary N) is 2. The summed E-state index contributed by atoms with van der Waals surface area (Å²) >= 11 is 6.13. The largest absolute Gasteiger partial charge is 0.381 e. The van der Waals surface area contributed by atoms with E-state index in [4.69, 9.17) is 11.6 Å². The second-order valence-corrected chi connectivity index (χ2v) is 4.86. The van der Waals surface area contributed by atoms with Crippen LogP contribution < -0.4 is 10.6 Å². The quantitative estimate of drug-likeness (QED) is 0.846. The monoisotopic (exact) mass is 252 g/mol. The lowest BCUT2D eigenvalue weighted by atomic mass is 9.81. The van der Waals surface area contributed by atoms with E-state index in [1.165, 1.54) is 0 Å². The summed E-state index contributed by atoms with van der Waals surface area (Å²) in [6.07, 6.45) is 1.63. The zero-order valence-corrected chi connectivity index (χ0v) is 10.9. The van der Waals surface area contributed by atoms with Gasteiger partial charge in [0.1, 0.15) is 0 Å².